The Balaban J connectivity index is 1.01. The summed E-state index contributed by atoms with van der Waals surface area (Å²) >= 11 is 3.59. The van der Waals surface area contributed by atoms with E-state index in [0.717, 1.165) is 69.8 Å². The van der Waals surface area contributed by atoms with Crippen LogP contribution in [0.3, 0.4) is 0 Å². The van der Waals surface area contributed by atoms with Crippen LogP contribution in [0.1, 0.15) is 106 Å². The first kappa shape index (κ1) is 37.3. The highest BCUT2D eigenvalue weighted by Gasteiger charge is 2.41. The molecule has 3 aromatic heterocycles. The number of allylic oxidation sites excluding steroid dienone is 2. The van der Waals surface area contributed by atoms with E-state index in [1.807, 2.05) is 55.3 Å². The van der Waals surface area contributed by atoms with E-state index in [1.165, 1.54) is 23.8 Å². The lowest BCUT2D eigenvalue weighted by Gasteiger charge is -2.30. The van der Waals surface area contributed by atoms with Crippen molar-refractivity contribution in [3.05, 3.63) is 58.3 Å². The highest BCUT2D eigenvalue weighted by atomic mass is 32.2. The van der Waals surface area contributed by atoms with Crippen LogP contribution >= 0.6 is 23.1 Å². The van der Waals surface area contributed by atoms with Crippen molar-refractivity contribution >= 4 is 79.0 Å². The van der Waals surface area contributed by atoms with Crippen molar-refractivity contribution in [3.8, 4) is 0 Å². The predicted octanol–water partition coefficient (Wildman–Crippen LogP) is 6.84. The molecule has 2 unspecified atom stereocenters. The van der Waals surface area contributed by atoms with Crippen LogP contribution in [0.15, 0.2) is 30.4 Å². The molecule has 6 heterocycles. The van der Waals surface area contributed by atoms with Gasteiger partial charge in [-0.1, -0.05) is 45.9 Å². The molecule has 55 heavy (non-hydrogen) atoms. The Morgan fingerprint density at radius 3 is 2.20 bits per heavy atom. The Morgan fingerprint density at radius 2 is 1.56 bits per heavy atom. The smallest absolute Gasteiger partial charge is 0.407 e. The Kier molecular flexibility index (Phi) is 10.0. The zero-order valence-electron chi connectivity index (χ0n) is 32.0. The molecule has 8 rings (SSSR count). The number of rotatable bonds is 9. The first-order valence-electron chi connectivity index (χ1n) is 19.2. The minimum Gasteiger partial charge on any atom is -0.453 e. The molecule has 3 aliphatic heterocycles. The number of alkyl carbamates (subject to hydrolysis) is 1. The molecule has 1 aromatic carbocycles. The fourth-order valence-electron chi connectivity index (χ4n) is 8.48. The molecule has 13 nitrogen and oxygen atoms in total. The van der Waals surface area contributed by atoms with Crippen molar-refractivity contribution in [2.45, 2.75) is 89.7 Å². The summed E-state index contributed by atoms with van der Waals surface area (Å²) in [6.45, 7) is 10.4. The molecule has 1 aliphatic carbocycles. The van der Waals surface area contributed by atoms with Gasteiger partial charge in [0.25, 0.3) is 0 Å². The van der Waals surface area contributed by atoms with Gasteiger partial charge in [-0.05, 0) is 61.1 Å². The number of aromatic nitrogens is 4. The van der Waals surface area contributed by atoms with Crippen LogP contribution in [-0.4, -0.2) is 85.8 Å². The number of hydrogen-bond acceptors (Lipinski definition) is 9. The normalized spacial score (nSPS) is 23.0. The number of nitrogens with one attached hydrogen (secondary N) is 4. The molecule has 4 N–H and O–H groups in total. The lowest BCUT2D eigenvalue weighted by Crippen LogP contribution is -2.51. The number of thioether (sulfide) groups is 1. The average molecular weight is 785 g/mol. The number of amides is 4. The number of fused-ring (bicyclic) bond motifs is 6. The number of aromatic amines is 2. The molecule has 2 saturated heterocycles. The van der Waals surface area contributed by atoms with Crippen LogP contribution in [0.2, 0.25) is 0 Å². The Hall–Kier alpha value is -4.63. The molecule has 2 fully saturated rings. The van der Waals surface area contributed by atoms with Crippen molar-refractivity contribution in [2.75, 3.05) is 20.2 Å². The van der Waals surface area contributed by atoms with Crippen molar-refractivity contribution in [1.82, 2.24) is 40.4 Å². The van der Waals surface area contributed by atoms with Gasteiger partial charge in [-0.2, -0.15) is 0 Å². The second kappa shape index (κ2) is 14.8. The Morgan fingerprint density at radius 1 is 0.909 bits per heavy atom. The summed E-state index contributed by atoms with van der Waals surface area (Å²) in [5.74, 6) is 1.23. The number of carbonyl (C=O) groups is 4. The molecule has 4 amide bonds. The van der Waals surface area contributed by atoms with Crippen LogP contribution in [0.5, 0.6) is 0 Å². The summed E-state index contributed by atoms with van der Waals surface area (Å²) < 4.78 is 5.93. The molecule has 4 aromatic rings. The second-order valence-electron chi connectivity index (χ2n) is 15.7. The molecule has 15 heteroatoms. The maximum Gasteiger partial charge on any atom is 0.407 e. The average Bonchev–Trinajstić information content (AvgIpc) is 3.99. The van der Waals surface area contributed by atoms with Gasteiger partial charge in [-0.15, -0.1) is 23.1 Å². The van der Waals surface area contributed by atoms with Gasteiger partial charge >= 0.3 is 6.09 Å². The van der Waals surface area contributed by atoms with Gasteiger partial charge in [-0.25, -0.2) is 14.8 Å². The van der Waals surface area contributed by atoms with E-state index in [0.29, 0.717) is 13.1 Å². The van der Waals surface area contributed by atoms with Crippen molar-refractivity contribution in [2.24, 2.45) is 17.8 Å². The van der Waals surface area contributed by atoms with Crippen LogP contribution in [0, 0.1) is 17.8 Å². The summed E-state index contributed by atoms with van der Waals surface area (Å²) in [5.41, 5.74) is 3.83. The Bertz CT molecular complexity index is 2240. The number of methoxy groups -OCH3 is 1. The van der Waals surface area contributed by atoms with E-state index < -0.39 is 18.2 Å². The number of benzene rings is 1. The van der Waals surface area contributed by atoms with Gasteiger partial charge in [0.2, 0.25) is 17.7 Å². The summed E-state index contributed by atoms with van der Waals surface area (Å²) in [7, 11) is 1.30. The van der Waals surface area contributed by atoms with Gasteiger partial charge in [0.1, 0.15) is 23.7 Å². The van der Waals surface area contributed by atoms with Crippen LogP contribution < -0.4 is 10.6 Å². The topological polar surface area (TPSA) is 165 Å². The molecular weight excluding hydrogens is 737 g/mol. The number of nitrogens with zero attached hydrogens (tertiary/aromatic N) is 4. The first-order chi connectivity index (χ1) is 26.4. The minimum absolute atomic E-state index is 0.0318. The van der Waals surface area contributed by atoms with Crippen molar-refractivity contribution < 1.29 is 23.9 Å². The van der Waals surface area contributed by atoms with E-state index in [-0.39, 0.29) is 52.8 Å². The molecule has 290 valence electrons. The second-order valence-corrected chi connectivity index (χ2v) is 17.9. The van der Waals surface area contributed by atoms with Gasteiger partial charge < -0.3 is 35.1 Å². The largest absolute Gasteiger partial charge is 0.453 e. The predicted molar refractivity (Wildman–Crippen MR) is 215 cm³/mol. The number of ether oxygens (including phenoxy) is 1. The summed E-state index contributed by atoms with van der Waals surface area (Å²) in [6, 6.07) is 4.79. The molecule has 4 aliphatic rings. The third kappa shape index (κ3) is 6.83. The monoisotopic (exact) mass is 784 g/mol. The molecular formula is C40H48N8O5S2. The minimum atomic E-state index is -0.685. The van der Waals surface area contributed by atoms with E-state index in [4.69, 9.17) is 14.7 Å². The molecule has 0 bridgehead atoms. The first-order valence-corrected chi connectivity index (χ1v) is 20.9. The summed E-state index contributed by atoms with van der Waals surface area (Å²) in [6.07, 6.45) is 9.39. The fraction of sp³-hybridized carbons (Fsp3) is 0.500. The van der Waals surface area contributed by atoms with Gasteiger partial charge in [0.15, 0.2) is 0 Å². The standard InChI is InChI=1S/C40H48N8O5S2/c1-19(2)30(41-21(5)49)38(50)47-15-7-9-26(47)36-42-24-13-11-22-17-28(54-34(22)32(24)44-36)29-18-23-12-14-25-33(35(23)55-29)45-37(43-25)27-10-8-16-48(27)39(51)31(20(3)4)46-40(52)53-6/h11-14,17-20,23,26-27,30-31,35H,7-10,15-16H2,1-6H3,(H,41,49)(H,42,44)(H,43,45)(H,46,52)/t23?,26-,27-,30-,31-,35?/m0/s1. The maximum atomic E-state index is 13.7. The molecule has 0 saturated carbocycles. The SMILES string of the molecule is COC(=O)N[C@H](C(=O)N1CCC[C@H]1c1nc2c([nH]1)C1SC(c3cc4ccc5nc([C@@H]6CCCN6C(=O)[C@@H](NC(C)=O)C(C)C)[nH]c5c4s3)=CC1C=C2)C(C)C. The van der Waals surface area contributed by atoms with E-state index in [9.17, 15) is 19.2 Å². The Labute approximate surface area is 328 Å². The van der Waals surface area contributed by atoms with Gasteiger partial charge in [0.05, 0.1) is 51.6 Å². The zero-order valence-corrected chi connectivity index (χ0v) is 33.6. The number of thiophene rings is 1. The molecule has 0 radical (unpaired) electrons. The number of hydrogen-bond donors (Lipinski definition) is 4. The fourth-order valence-corrected chi connectivity index (χ4v) is 11.1. The van der Waals surface area contributed by atoms with Gasteiger partial charge in [0, 0.05) is 35.7 Å². The number of imidazole rings is 2. The van der Waals surface area contributed by atoms with Crippen LogP contribution in [0.4, 0.5) is 4.79 Å². The highest BCUT2D eigenvalue weighted by molar-refractivity contribution is 8.09. The molecule has 6 atom stereocenters. The van der Waals surface area contributed by atoms with E-state index >= 15 is 0 Å². The van der Waals surface area contributed by atoms with Crippen LogP contribution in [-0.2, 0) is 19.1 Å². The lowest BCUT2D eigenvalue weighted by atomic mass is 9.95. The van der Waals surface area contributed by atoms with Crippen LogP contribution in [0.25, 0.3) is 32.1 Å². The van der Waals surface area contributed by atoms with Gasteiger partial charge in [-0.3, -0.25) is 14.4 Å². The third-order valence-corrected chi connectivity index (χ3v) is 14.0. The summed E-state index contributed by atoms with van der Waals surface area (Å²) in [5, 5.41) is 6.86. The number of likely N-dealkylation sites (tertiary alicyclic amines) is 2. The number of H-pyrrole nitrogens is 2. The van der Waals surface area contributed by atoms with Crippen molar-refractivity contribution in [3.63, 3.8) is 0 Å². The number of carbonyl (C=O) groups excluding carboxylic acids is 4. The van der Waals surface area contributed by atoms with E-state index in [1.54, 1.807) is 11.3 Å². The third-order valence-electron chi connectivity index (χ3n) is 11.3. The van der Waals surface area contributed by atoms with Crippen molar-refractivity contribution in [1.29, 1.82) is 0 Å². The molecule has 0 spiro atoms. The maximum absolute atomic E-state index is 13.7. The quantitative estimate of drug-likeness (QED) is 0.143. The summed E-state index contributed by atoms with van der Waals surface area (Å²) in [4.78, 5) is 74.8. The lowest BCUT2D eigenvalue weighted by molar-refractivity contribution is -0.138. The van der Waals surface area contributed by atoms with E-state index in [2.05, 4.69) is 51.0 Å². The highest BCUT2D eigenvalue weighted by Crippen LogP contribution is 2.56. The zero-order chi connectivity index (χ0) is 38.7.